The molecule has 1 N–H and O–H groups in total. The van der Waals surface area contributed by atoms with Gasteiger partial charge in [0.1, 0.15) is 6.10 Å². The maximum absolute atomic E-state index is 12.7. The lowest BCUT2D eigenvalue weighted by Gasteiger charge is -2.32. The van der Waals surface area contributed by atoms with Gasteiger partial charge in [-0.25, -0.2) is 4.98 Å². The van der Waals surface area contributed by atoms with E-state index in [4.69, 9.17) is 9.47 Å². The number of aromatic nitrogens is 1. The van der Waals surface area contributed by atoms with Gasteiger partial charge in [-0.05, 0) is 48.9 Å². The molecule has 1 saturated heterocycles. The van der Waals surface area contributed by atoms with E-state index in [-0.39, 0.29) is 18.1 Å². The topological polar surface area (TPSA) is 60.5 Å². The number of carbonyl (C=O) groups excluding carboxylic acids is 1. The van der Waals surface area contributed by atoms with Gasteiger partial charge < -0.3 is 14.8 Å². The van der Waals surface area contributed by atoms with Crippen LogP contribution in [0.4, 0.5) is 0 Å². The largest absolute Gasteiger partial charge is 0.379 e. The Hall–Kier alpha value is -1.76. The molecule has 5 nitrogen and oxygen atoms in total. The summed E-state index contributed by atoms with van der Waals surface area (Å²) in [4.78, 5) is 16.9. The van der Waals surface area contributed by atoms with Crippen molar-refractivity contribution in [1.29, 1.82) is 0 Å². The van der Waals surface area contributed by atoms with Crippen molar-refractivity contribution in [1.82, 2.24) is 10.3 Å². The van der Waals surface area contributed by atoms with Gasteiger partial charge >= 0.3 is 0 Å². The van der Waals surface area contributed by atoms with Gasteiger partial charge in [-0.1, -0.05) is 6.07 Å². The summed E-state index contributed by atoms with van der Waals surface area (Å²) in [5.41, 5.74) is 6.15. The molecule has 2 heterocycles. The van der Waals surface area contributed by atoms with Gasteiger partial charge in [0, 0.05) is 17.6 Å². The molecular formula is C19H22N2O3S. The molecule has 2 atom stereocenters. The van der Waals surface area contributed by atoms with Crippen LogP contribution in [0.2, 0.25) is 0 Å². The Morgan fingerprint density at radius 2 is 2.28 bits per heavy atom. The molecule has 1 aromatic carbocycles. The number of thiazole rings is 1. The average Bonchev–Trinajstić information content (AvgIpc) is 3.31. The molecule has 0 saturated carbocycles. The third kappa shape index (κ3) is 3.92. The summed E-state index contributed by atoms with van der Waals surface area (Å²) < 4.78 is 11.5. The Labute approximate surface area is 151 Å². The van der Waals surface area contributed by atoms with Crippen molar-refractivity contribution in [3.05, 3.63) is 51.5 Å². The highest BCUT2D eigenvalue weighted by molar-refractivity contribution is 7.07. The van der Waals surface area contributed by atoms with E-state index in [9.17, 15) is 4.79 Å². The molecule has 1 aliphatic heterocycles. The Kier molecular flexibility index (Phi) is 5.10. The van der Waals surface area contributed by atoms with Crippen molar-refractivity contribution in [2.75, 3.05) is 13.2 Å². The summed E-state index contributed by atoms with van der Waals surface area (Å²) in [7, 11) is 0. The molecule has 4 rings (SSSR count). The molecule has 2 aromatic rings. The van der Waals surface area contributed by atoms with Crippen LogP contribution >= 0.6 is 11.3 Å². The summed E-state index contributed by atoms with van der Waals surface area (Å²) in [6, 6.07) is 6.04. The van der Waals surface area contributed by atoms with Gasteiger partial charge in [0.25, 0.3) is 5.91 Å². The van der Waals surface area contributed by atoms with Gasteiger partial charge in [0.2, 0.25) is 0 Å². The fourth-order valence-electron chi connectivity index (χ4n) is 3.51. The quantitative estimate of drug-likeness (QED) is 0.893. The van der Waals surface area contributed by atoms with Crippen LogP contribution in [0, 0.1) is 0 Å². The smallest absolute Gasteiger partial charge is 0.251 e. The van der Waals surface area contributed by atoms with Crippen molar-refractivity contribution < 1.29 is 14.3 Å². The first kappa shape index (κ1) is 16.7. The monoisotopic (exact) mass is 358 g/mol. The van der Waals surface area contributed by atoms with Crippen molar-refractivity contribution in [2.24, 2.45) is 0 Å². The first-order valence-electron chi connectivity index (χ1n) is 8.78. The molecule has 1 amide bonds. The van der Waals surface area contributed by atoms with Gasteiger partial charge in [0.05, 0.1) is 30.5 Å². The summed E-state index contributed by atoms with van der Waals surface area (Å²) in [5.74, 6) is -0.0242. The number of hydrogen-bond donors (Lipinski definition) is 1. The molecule has 0 spiro atoms. The van der Waals surface area contributed by atoms with Gasteiger partial charge in [0.15, 0.2) is 0 Å². The van der Waals surface area contributed by atoms with E-state index < -0.39 is 0 Å². The first-order chi connectivity index (χ1) is 12.3. The van der Waals surface area contributed by atoms with Crippen LogP contribution in [-0.4, -0.2) is 36.3 Å². The van der Waals surface area contributed by atoms with Crippen LogP contribution in [0.25, 0.3) is 0 Å². The number of hydrogen-bond acceptors (Lipinski definition) is 5. The lowest BCUT2D eigenvalue weighted by molar-refractivity contribution is -0.0742. The summed E-state index contributed by atoms with van der Waals surface area (Å²) in [5, 5.41) is 5.12. The molecule has 0 unspecified atom stereocenters. The number of amides is 1. The highest BCUT2D eigenvalue weighted by Crippen LogP contribution is 2.23. The zero-order valence-electron chi connectivity index (χ0n) is 14.1. The number of fused-ring (bicyclic) bond motifs is 1. The third-order valence-electron chi connectivity index (χ3n) is 4.91. The highest BCUT2D eigenvalue weighted by Gasteiger charge is 2.28. The van der Waals surface area contributed by atoms with Crippen LogP contribution in [0.15, 0.2) is 29.1 Å². The number of aryl methyl sites for hydroxylation is 2. The number of nitrogens with zero attached hydrogens (tertiary/aromatic N) is 1. The summed E-state index contributed by atoms with van der Waals surface area (Å²) in [6.45, 7) is 1.59. The van der Waals surface area contributed by atoms with Crippen LogP contribution < -0.4 is 5.32 Å². The zero-order chi connectivity index (χ0) is 17.1. The van der Waals surface area contributed by atoms with E-state index in [2.05, 4.69) is 16.4 Å². The fraction of sp³-hybridized carbons (Fsp3) is 0.474. The number of carbonyl (C=O) groups is 1. The average molecular weight is 358 g/mol. The second kappa shape index (κ2) is 7.64. The molecule has 0 radical (unpaired) electrons. The van der Waals surface area contributed by atoms with E-state index in [1.54, 1.807) is 16.8 Å². The van der Waals surface area contributed by atoms with Crippen molar-refractivity contribution in [3.63, 3.8) is 0 Å². The first-order valence-corrected chi connectivity index (χ1v) is 9.73. The molecular weight excluding hydrogens is 336 g/mol. The van der Waals surface area contributed by atoms with Crippen LogP contribution in [-0.2, 0) is 28.9 Å². The normalized spacial score (nSPS) is 22.6. The fourth-order valence-corrected chi connectivity index (χ4v) is 4.05. The lowest BCUT2D eigenvalue weighted by Crippen LogP contribution is -2.50. The second-order valence-corrected chi connectivity index (χ2v) is 7.33. The molecule has 1 aromatic heterocycles. The maximum Gasteiger partial charge on any atom is 0.251 e. The molecule has 132 valence electrons. The van der Waals surface area contributed by atoms with E-state index in [1.807, 2.05) is 17.5 Å². The summed E-state index contributed by atoms with van der Waals surface area (Å²) in [6.07, 6.45) is 4.01. The van der Waals surface area contributed by atoms with Gasteiger partial charge in [-0.15, -0.1) is 11.3 Å². The van der Waals surface area contributed by atoms with E-state index in [1.165, 1.54) is 17.5 Å². The van der Waals surface area contributed by atoms with E-state index in [0.29, 0.717) is 19.8 Å². The molecule has 25 heavy (non-hydrogen) atoms. The Balaban J connectivity index is 1.39. The van der Waals surface area contributed by atoms with Crippen molar-refractivity contribution >= 4 is 17.2 Å². The van der Waals surface area contributed by atoms with Gasteiger partial charge in [-0.3, -0.25) is 4.79 Å². The van der Waals surface area contributed by atoms with Crippen LogP contribution in [0.3, 0.4) is 0 Å². The Morgan fingerprint density at radius 3 is 3.16 bits per heavy atom. The predicted molar refractivity (Wildman–Crippen MR) is 95.8 cm³/mol. The van der Waals surface area contributed by atoms with E-state index >= 15 is 0 Å². The lowest BCUT2D eigenvalue weighted by atomic mass is 10.0. The van der Waals surface area contributed by atoms with E-state index in [0.717, 1.165) is 30.5 Å². The third-order valence-corrected chi connectivity index (χ3v) is 5.55. The minimum absolute atomic E-state index is 0.0242. The maximum atomic E-state index is 12.7. The SMILES string of the molecule is O=C(N[C@@H]1CCOC[C@H]1OCc1cscn1)c1ccc2c(c1)CCC2. The minimum Gasteiger partial charge on any atom is -0.379 e. The minimum atomic E-state index is -0.145. The summed E-state index contributed by atoms with van der Waals surface area (Å²) >= 11 is 1.55. The number of ether oxygens (including phenoxy) is 2. The number of benzene rings is 1. The number of nitrogens with one attached hydrogen (secondary N) is 1. The molecule has 6 heteroatoms. The highest BCUT2D eigenvalue weighted by atomic mass is 32.1. The van der Waals surface area contributed by atoms with Crippen molar-refractivity contribution in [3.8, 4) is 0 Å². The van der Waals surface area contributed by atoms with Gasteiger partial charge in [-0.2, -0.15) is 0 Å². The molecule has 1 fully saturated rings. The standard InChI is InChI=1S/C19H22N2O3S/c22-19(15-5-4-13-2-1-3-14(13)8-15)21-17-6-7-23-10-18(17)24-9-16-11-25-12-20-16/h4-5,8,11-12,17-18H,1-3,6-7,9-10H2,(H,21,22)/t17-,18-/m1/s1. The predicted octanol–water partition coefficient (Wildman–Crippen LogP) is 2.74. The molecule has 1 aliphatic carbocycles. The number of rotatable bonds is 5. The Morgan fingerprint density at radius 1 is 1.36 bits per heavy atom. The van der Waals surface area contributed by atoms with Crippen LogP contribution in [0.1, 0.15) is 40.0 Å². The van der Waals surface area contributed by atoms with Crippen molar-refractivity contribution in [2.45, 2.75) is 44.4 Å². The van der Waals surface area contributed by atoms with Crippen LogP contribution in [0.5, 0.6) is 0 Å². The Bertz CT molecular complexity index is 732. The molecule has 0 bridgehead atoms. The second-order valence-electron chi connectivity index (χ2n) is 6.61. The molecule has 2 aliphatic rings. The zero-order valence-corrected chi connectivity index (χ0v) is 14.9.